The quantitative estimate of drug-likeness (QED) is 0.773. The second-order valence-corrected chi connectivity index (χ2v) is 9.29. The predicted octanol–water partition coefficient (Wildman–Crippen LogP) is 2.17. The van der Waals surface area contributed by atoms with E-state index in [1.165, 1.54) is 4.31 Å². The third kappa shape index (κ3) is 4.85. The molecule has 1 aliphatic rings. The lowest BCUT2D eigenvalue weighted by Crippen LogP contribution is -2.41. The zero-order chi connectivity index (χ0) is 21.2. The van der Waals surface area contributed by atoms with Crippen molar-refractivity contribution in [2.45, 2.75) is 45.6 Å². The Bertz CT molecular complexity index is 987. The minimum atomic E-state index is -3.63. The molecule has 1 aromatic heterocycles. The zero-order valence-electron chi connectivity index (χ0n) is 17.4. The molecule has 0 atom stereocenters. The van der Waals surface area contributed by atoms with Gasteiger partial charge < -0.3 is 10.1 Å². The van der Waals surface area contributed by atoms with Gasteiger partial charge in [-0.15, -0.1) is 0 Å². The van der Waals surface area contributed by atoms with Gasteiger partial charge in [-0.2, -0.15) is 9.40 Å². The second-order valence-electron chi connectivity index (χ2n) is 7.41. The fourth-order valence-electron chi connectivity index (χ4n) is 3.67. The van der Waals surface area contributed by atoms with Crippen LogP contribution in [0.4, 0.5) is 5.69 Å². The number of aromatic nitrogens is 2. The Labute approximate surface area is 171 Å². The Morgan fingerprint density at radius 3 is 2.34 bits per heavy atom. The number of hydrogen-bond donors (Lipinski definition) is 1. The van der Waals surface area contributed by atoms with Gasteiger partial charge in [0, 0.05) is 25.2 Å². The van der Waals surface area contributed by atoms with Gasteiger partial charge in [-0.05, 0) is 51.0 Å². The number of nitrogens with one attached hydrogen (secondary N) is 1. The number of sulfonamides is 1. The zero-order valence-corrected chi connectivity index (χ0v) is 18.2. The molecule has 0 radical (unpaired) electrons. The second kappa shape index (κ2) is 8.64. The number of ether oxygens (including phenoxy) is 1. The number of amides is 1. The first kappa shape index (κ1) is 21.5. The molecule has 29 heavy (non-hydrogen) atoms. The molecule has 1 aliphatic heterocycles. The molecule has 1 amide bonds. The van der Waals surface area contributed by atoms with E-state index < -0.39 is 10.0 Å². The van der Waals surface area contributed by atoms with Crippen LogP contribution in [0.5, 0.6) is 0 Å². The van der Waals surface area contributed by atoms with Crippen LogP contribution in [-0.2, 0) is 26.1 Å². The lowest BCUT2D eigenvalue weighted by Gasteiger charge is -2.26. The number of carbonyl (C=O) groups excluding carboxylic acids is 1. The van der Waals surface area contributed by atoms with Crippen LogP contribution >= 0.6 is 0 Å². The van der Waals surface area contributed by atoms with Crippen molar-refractivity contribution in [1.82, 2.24) is 14.1 Å². The molecule has 0 spiro atoms. The van der Waals surface area contributed by atoms with Crippen molar-refractivity contribution in [3.8, 4) is 0 Å². The van der Waals surface area contributed by atoms with Crippen molar-refractivity contribution in [3.05, 3.63) is 40.7 Å². The van der Waals surface area contributed by atoms with E-state index in [1.54, 1.807) is 18.5 Å². The van der Waals surface area contributed by atoms with E-state index in [2.05, 4.69) is 10.4 Å². The summed E-state index contributed by atoms with van der Waals surface area (Å²) in [6, 6.07) is 5.88. The van der Waals surface area contributed by atoms with Gasteiger partial charge in [-0.3, -0.25) is 9.48 Å². The number of morpholine rings is 1. The van der Waals surface area contributed by atoms with Crippen LogP contribution in [0, 0.1) is 27.7 Å². The summed E-state index contributed by atoms with van der Waals surface area (Å²) in [7, 11) is -3.63. The monoisotopic (exact) mass is 420 g/mol. The van der Waals surface area contributed by atoms with Gasteiger partial charge >= 0.3 is 0 Å². The van der Waals surface area contributed by atoms with Crippen LogP contribution in [0.2, 0.25) is 0 Å². The molecule has 2 heterocycles. The van der Waals surface area contributed by atoms with E-state index in [9.17, 15) is 13.2 Å². The van der Waals surface area contributed by atoms with Crippen molar-refractivity contribution in [2.75, 3.05) is 31.6 Å². The predicted molar refractivity (Wildman–Crippen MR) is 110 cm³/mol. The summed E-state index contributed by atoms with van der Waals surface area (Å²) < 4.78 is 34.3. The highest BCUT2D eigenvalue weighted by Gasteiger charge is 2.32. The molecule has 0 aliphatic carbocycles. The average molecular weight is 421 g/mol. The molecule has 1 fully saturated rings. The van der Waals surface area contributed by atoms with Gasteiger partial charge in [-0.1, -0.05) is 6.07 Å². The summed E-state index contributed by atoms with van der Waals surface area (Å²) in [4.78, 5) is 12.6. The molecule has 2 aromatic rings. The first-order valence-electron chi connectivity index (χ1n) is 9.68. The van der Waals surface area contributed by atoms with Crippen molar-refractivity contribution in [1.29, 1.82) is 0 Å². The van der Waals surface area contributed by atoms with Gasteiger partial charge in [0.25, 0.3) is 0 Å². The highest BCUT2D eigenvalue weighted by molar-refractivity contribution is 7.89. The number of anilines is 1. The van der Waals surface area contributed by atoms with Crippen LogP contribution < -0.4 is 5.32 Å². The van der Waals surface area contributed by atoms with E-state index >= 15 is 0 Å². The lowest BCUT2D eigenvalue weighted by atomic mass is 10.1. The van der Waals surface area contributed by atoms with E-state index in [-0.39, 0.29) is 17.2 Å². The third-order valence-electron chi connectivity index (χ3n) is 4.94. The molecular weight excluding hydrogens is 392 g/mol. The van der Waals surface area contributed by atoms with E-state index in [4.69, 9.17) is 4.74 Å². The van der Waals surface area contributed by atoms with Crippen molar-refractivity contribution >= 4 is 21.6 Å². The van der Waals surface area contributed by atoms with E-state index in [1.807, 2.05) is 32.0 Å². The highest BCUT2D eigenvalue weighted by atomic mass is 32.2. The normalized spacial score (nSPS) is 15.4. The van der Waals surface area contributed by atoms with E-state index in [0.717, 1.165) is 16.8 Å². The molecule has 158 valence electrons. The number of nitrogens with zero attached hydrogens (tertiary/aromatic N) is 3. The maximum atomic E-state index is 13.0. The van der Waals surface area contributed by atoms with Crippen LogP contribution in [0.3, 0.4) is 0 Å². The first-order chi connectivity index (χ1) is 13.7. The smallest absolute Gasteiger partial charge is 0.246 e. The van der Waals surface area contributed by atoms with Crippen molar-refractivity contribution in [2.24, 2.45) is 0 Å². The largest absolute Gasteiger partial charge is 0.379 e. The molecule has 0 saturated carbocycles. The average Bonchev–Trinajstić information content (AvgIpc) is 2.94. The highest BCUT2D eigenvalue weighted by Crippen LogP contribution is 2.24. The van der Waals surface area contributed by atoms with Crippen molar-refractivity contribution in [3.63, 3.8) is 0 Å². The minimum absolute atomic E-state index is 0.139. The number of hydrogen-bond acceptors (Lipinski definition) is 5. The number of carbonyl (C=O) groups is 1. The SMILES string of the molecule is Cc1cc(C)cc(NC(=O)CCn2nc(C)c(S(=O)(=O)N3CCOCC3)c2C)c1. The summed E-state index contributed by atoms with van der Waals surface area (Å²) >= 11 is 0. The summed E-state index contributed by atoms with van der Waals surface area (Å²) in [5.74, 6) is -0.139. The topological polar surface area (TPSA) is 93.5 Å². The van der Waals surface area contributed by atoms with Gasteiger partial charge in [0.15, 0.2) is 0 Å². The fraction of sp³-hybridized carbons (Fsp3) is 0.500. The fourth-order valence-corrected chi connectivity index (χ4v) is 5.45. The molecule has 3 rings (SSSR count). The van der Waals surface area contributed by atoms with Gasteiger partial charge in [0.2, 0.25) is 15.9 Å². The standard InChI is InChI=1S/C20H28N4O4S/c1-14-11-15(2)13-18(12-14)21-19(25)5-6-24-17(4)20(16(3)22-24)29(26,27)23-7-9-28-10-8-23/h11-13H,5-10H2,1-4H3,(H,21,25). The number of benzene rings is 1. The molecule has 1 saturated heterocycles. The summed E-state index contributed by atoms with van der Waals surface area (Å²) in [6.45, 7) is 9.15. The Kier molecular flexibility index (Phi) is 6.40. The Hall–Kier alpha value is -2.23. The van der Waals surface area contributed by atoms with Gasteiger partial charge in [0.1, 0.15) is 4.90 Å². The first-order valence-corrected chi connectivity index (χ1v) is 11.1. The Balaban J connectivity index is 1.70. The van der Waals surface area contributed by atoms with Crippen LogP contribution in [0.25, 0.3) is 0 Å². The minimum Gasteiger partial charge on any atom is -0.379 e. The molecule has 8 nitrogen and oxygen atoms in total. The van der Waals surface area contributed by atoms with Gasteiger partial charge in [-0.25, -0.2) is 8.42 Å². The number of aryl methyl sites for hydroxylation is 4. The van der Waals surface area contributed by atoms with Crippen LogP contribution in [0.1, 0.15) is 28.9 Å². The Morgan fingerprint density at radius 2 is 1.72 bits per heavy atom. The van der Waals surface area contributed by atoms with Crippen LogP contribution in [-0.4, -0.2) is 54.7 Å². The van der Waals surface area contributed by atoms with Gasteiger partial charge in [0.05, 0.1) is 31.1 Å². The third-order valence-corrected chi connectivity index (χ3v) is 7.09. The molecular formula is C20H28N4O4S. The summed E-state index contributed by atoms with van der Waals surface area (Å²) in [5.41, 5.74) is 3.92. The van der Waals surface area contributed by atoms with E-state index in [0.29, 0.717) is 44.2 Å². The van der Waals surface area contributed by atoms with Crippen LogP contribution in [0.15, 0.2) is 23.1 Å². The van der Waals surface area contributed by atoms with Crippen molar-refractivity contribution < 1.29 is 17.9 Å². The lowest BCUT2D eigenvalue weighted by molar-refractivity contribution is -0.116. The summed E-state index contributed by atoms with van der Waals surface area (Å²) in [5, 5.41) is 7.27. The molecule has 0 bridgehead atoms. The summed E-state index contributed by atoms with van der Waals surface area (Å²) in [6.07, 6.45) is 0.200. The number of rotatable bonds is 6. The maximum absolute atomic E-state index is 13.0. The maximum Gasteiger partial charge on any atom is 0.246 e. The molecule has 0 unspecified atom stereocenters. The molecule has 1 N–H and O–H groups in total. The molecule has 1 aromatic carbocycles. The Morgan fingerprint density at radius 1 is 1.10 bits per heavy atom. The molecule has 9 heteroatoms.